The van der Waals surface area contributed by atoms with Crippen molar-refractivity contribution in [1.82, 2.24) is 10.2 Å². The normalized spacial score (nSPS) is 19.2. The Bertz CT molecular complexity index is 283. The maximum Gasteiger partial charge on any atom is 0.325 e. The standard InChI is InChI=1S/C12H22N2O3/c1-8(2)10-4-6-14(7-5-10)12(17)13-9(3)11(15)16/h8-10H,4-7H2,1-3H3,(H,13,17)(H,15,16). The summed E-state index contributed by atoms with van der Waals surface area (Å²) in [5, 5.41) is 11.2. The number of nitrogens with one attached hydrogen (secondary N) is 1. The smallest absolute Gasteiger partial charge is 0.325 e. The molecule has 2 N–H and O–H groups in total. The summed E-state index contributed by atoms with van der Waals surface area (Å²) in [6, 6.07) is -1.09. The largest absolute Gasteiger partial charge is 0.480 e. The van der Waals surface area contributed by atoms with Crippen LogP contribution in [0.1, 0.15) is 33.6 Å². The Kier molecular flexibility index (Phi) is 4.78. The molecule has 2 amide bonds. The summed E-state index contributed by atoms with van der Waals surface area (Å²) in [7, 11) is 0. The van der Waals surface area contributed by atoms with Gasteiger partial charge in [-0.2, -0.15) is 0 Å². The lowest BCUT2D eigenvalue weighted by Crippen LogP contribution is -2.49. The van der Waals surface area contributed by atoms with Crippen LogP contribution in [-0.2, 0) is 4.79 Å². The van der Waals surface area contributed by atoms with E-state index >= 15 is 0 Å². The lowest BCUT2D eigenvalue weighted by molar-refractivity contribution is -0.138. The molecule has 0 saturated carbocycles. The van der Waals surface area contributed by atoms with E-state index in [0.29, 0.717) is 11.8 Å². The van der Waals surface area contributed by atoms with Crippen LogP contribution in [0.4, 0.5) is 4.79 Å². The second-order valence-electron chi connectivity index (χ2n) is 5.08. The quantitative estimate of drug-likeness (QED) is 0.788. The molecule has 0 radical (unpaired) electrons. The minimum absolute atomic E-state index is 0.262. The fraction of sp³-hybridized carbons (Fsp3) is 0.833. The molecule has 5 nitrogen and oxygen atoms in total. The number of urea groups is 1. The number of carboxylic acid groups (broad SMARTS) is 1. The molecule has 1 aliphatic rings. The first-order chi connectivity index (χ1) is 7.91. The van der Waals surface area contributed by atoms with E-state index in [0.717, 1.165) is 25.9 Å². The summed E-state index contributed by atoms with van der Waals surface area (Å²) in [5.74, 6) is 0.324. The second kappa shape index (κ2) is 5.89. The Morgan fingerprint density at radius 2 is 1.76 bits per heavy atom. The third-order valence-corrected chi connectivity index (χ3v) is 3.48. The minimum atomic E-state index is -1.00. The Balaban J connectivity index is 2.38. The molecule has 17 heavy (non-hydrogen) atoms. The maximum atomic E-state index is 11.7. The minimum Gasteiger partial charge on any atom is -0.480 e. The van der Waals surface area contributed by atoms with Gasteiger partial charge in [-0.05, 0) is 31.6 Å². The zero-order valence-corrected chi connectivity index (χ0v) is 10.8. The van der Waals surface area contributed by atoms with Gasteiger partial charge in [0.15, 0.2) is 0 Å². The van der Waals surface area contributed by atoms with E-state index < -0.39 is 12.0 Å². The molecule has 1 atom stereocenters. The number of aliphatic carboxylic acids is 1. The van der Waals surface area contributed by atoms with Crippen molar-refractivity contribution in [3.05, 3.63) is 0 Å². The molecule has 1 aliphatic heterocycles. The Hall–Kier alpha value is -1.26. The van der Waals surface area contributed by atoms with Crippen molar-refractivity contribution < 1.29 is 14.7 Å². The Morgan fingerprint density at radius 1 is 1.24 bits per heavy atom. The average molecular weight is 242 g/mol. The van der Waals surface area contributed by atoms with E-state index in [-0.39, 0.29) is 6.03 Å². The molecule has 1 rings (SSSR count). The first kappa shape index (κ1) is 13.8. The van der Waals surface area contributed by atoms with E-state index in [1.54, 1.807) is 4.90 Å². The molecule has 98 valence electrons. The highest BCUT2D eigenvalue weighted by molar-refractivity contribution is 5.82. The fourth-order valence-electron chi connectivity index (χ4n) is 2.11. The van der Waals surface area contributed by atoms with Gasteiger partial charge < -0.3 is 15.3 Å². The van der Waals surface area contributed by atoms with Crippen molar-refractivity contribution in [3.63, 3.8) is 0 Å². The topological polar surface area (TPSA) is 69.6 Å². The van der Waals surface area contributed by atoms with E-state index in [4.69, 9.17) is 5.11 Å². The highest BCUT2D eigenvalue weighted by Crippen LogP contribution is 2.24. The van der Waals surface area contributed by atoms with Gasteiger partial charge in [0.05, 0.1) is 0 Å². The van der Waals surface area contributed by atoms with Crippen molar-refractivity contribution in [2.75, 3.05) is 13.1 Å². The fourth-order valence-corrected chi connectivity index (χ4v) is 2.11. The maximum absolute atomic E-state index is 11.7. The van der Waals surface area contributed by atoms with Gasteiger partial charge in [-0.1, -0.05) is 13.8 Å². The van der Waals surface area contributed by atoms with Gasteiger partial charge in [-0.15, -0.1) is 0 Å². The predicted molar refractivity (Wildman–Crippen MR) is 64.8 cm³/mol. The summed E-state index contributed by atoms with van der Waals surface area (Å²) in [4.78, 5) is 24.1. The van der Waals surface area contributed by atoms with Crippen molar-refractivity contribution in [1.29, 1.82) is 0 Å². The van der Waals surface area contributed by atoms with Gasteiger partial charge in [0.25, 0.3) is 0 Å². The van der Waals surface area contributed by atoms with Gasteiger partial charge in [0.1, 0.15) is 6.04 Å². The van der Waals surface area contributed by atoms with Crippen LogP contribution in [0.3, 0.4) is 0 Å². The number of amides is 2. The number of rotatable bonds is 3. The van der Waals surface area contributed by atoms with Crippen LogP contribution in [0.2, 0.25) is 0 Å². The number of hydrogen-bond donors (Lipinski definition) is 2. The summed E-state index contributed by atoms with van der Waals surface area (Å²) in [6.45, 7) is 7.32. The van der Waals surface area contributed by atoms with E-state index in [1.807, 2.05) is 0 Å². The lowest BCUT2D eigenvalue weighted by atomic mass is 9.87. The molecule has 0 spiro atoms. The highest BCUT2D eigenvalue weighted by Gasteiger charge is 2.25. The summed E-state index contributed by atoms with van der Waals surface area (Å²) < 4.78 is 0. The molecule has 1 fully saturated rings. The van der Waals surface area contributed by atoms with Gasteiger partial charge >= 0.3 is 12.0 Å². The van der Waals surface area contributed by atoms with Crippen LogP contribution in [0.25, 0.3) is 0 Å². The number of carbonyl (C=O) groups is 2. The van der Waals surface area contributed by atoms with Gasteiger partial charge in [-0.25, -0.2) is 4.79 Å². The van der Waals surface area contributed by atoms with Crippen molar-refractivity contribution in [3.8, 4) is 0 Å². The summed E-state index contributed by atoms with van der Waals surface area (Å²) >= 11 is 0. The van der Waals surface area contributed by atoms with Crippen LogP contribution in [-0.4, -0.2) is 41.1 Å². The number of carboxylic acids is 1. The van der Waals surface area contributed by atoms with Crippen LogP contribution < -0.4 is 5.32 Å². The highest BCUT2D eigenvalue weighted by atomic mass is 16.4. The Labute approximate surface area is 102 Å². The molecule has 0 bridgehead atoms. The molecule has 0 aliphatic carbocycles. The van der Waals surface area contributed by atoms with Crippen molar-refractivity contribution >= 4 is 12.0 Å². The van der Waals surface area contributed by atoms with Gasteiger partial charge in [0.2, 0.25) is 0 Å². The van der Waals surface area contributed by atoms with E-state index in [1.165, 1.54) is 6.92 Å². The second-order valence-corrected chi connectivity index (χ2v) is 5.08. The Morgan fingerprint density at radius 3 is 2.18 bits per heavy atom. The molecule has 0 aromatic heterocycles. The first-order valence-corrected chi connectivity index (χ1v) is 6.20. The summed E-state index contributed by atoms with van der Waals surface area (Å²) in [5.41, 5.74) is 0. The van der Waals surface area contributed by atoms with Crippen molar-refractivity contribution in [2.24, 2.45) is 11.8 Å². The molecule has 5 heteroatoms. The molecular formula is C12H22N2O3. The monoisotopic (exact) mass is 242 g/mol. The number of nitrogens with zero attached hydrogens (tertiary/aromatic N) is 1. The molecule has 0 aromatic rings. The third kappa shape index (κ3) is 3.91. The number of piperidine rings is 1. The van der Waals surface area contributed by atoms with Crippen molar-refractivity contribution in [2.45, 2.75) is 39.7 Å². The number of likely N-dealkylation sites (tertiary alicyclic amines) is 1. The molecule has 1 heterocycles. The van der Waals surface area contributed by atoms with Gasteiger partial charge in [-0.3, -0.25) is 4.79 Å². The zero-order chi connectivity index (χ0) is 13.0. The molecule has 0 aromatic carbocycles. The van der Waals surface area contributed by atoms with Crippen LogP contribution in [0.15, 0.2) is 0 Å². The third-order valence-electron chi connectivity index (χ3n) is 3.48. The van der Waals surface area contributed by atoms with Crippen LogP contribution in [0.5, 0.6) is 0 Å². The lowest BCUT2D eigenvalue weighted by Gasteiger charge is -2.34. The predicted octanol–water partition coefficient (Wildman–Crippen LogP) is 1.54. The number of carbonyl (C=O) groups excluding carboxylic acids is 1. The molecule has 1 unspecified atom stereocenters. The molecular weight excluding hydrogens is 220 g/mol. The average Bonchev–Trinajstić information content (AvgIpc) is 2.28. The van der Waals surface area contributed by atoms with Crippen LogP contribution in [0, 0.1) is 11.8 Å². The summed E-state index contributed by atoms with van der Waals surface area (Å²) in [6.07, 6.45) is 2.01. The zero-order valence-electron chi connectivity index (χ0n) is 10.8. The van der Waals surface area contributed by atoms with E-state index in [9.17, 15) is 9.59 Å². The SMILES string of the molecule is CC(NC(=O)N1CCC(C(C)C)CC1)C(=O)O. The van der Waals surface area contributed by atoms with Crippen LogP contribution >= 0.6 is 0 Å². The van der Waals surface area contributed by atoms with Gasteiger partial charge in [0, 0.05) is 13.1 Å². The number of hydrogen-bond acceptors (Lipinski definition) is 2. The first-order valence-electron chi connectivity index (χ1n) is 6.20. The van der Waals surface area contributed by atoms with E-state index in [2.05, 4.69) is 19.2 Å². The molecule has 1 saturated heterocycles.